The fourth-order valence-electron chi connectivity index (χ4n) is 4.40. The monoisotopic (exact) mass is 397 g/mol. The number of ketones is 1. The van der Waals surface area contributed by atoms with Gasteiger partial charge in [-0.25, -0.2) is 0 Å². The van der Waals surface area contributed by atoms with E-state index >= 15 is 0 Å². The van der Waals surface area contributed by atoms with Crippen LogP contribution in [0.1, 0.15) is 29.8 Å². The zero-order valence-corrected chi connectivity index (χ0v) is 15.5. The zero-order valence-electron chi connectivity index (χ0n) is 15.5. The molecule has 0 spiro atoms. The lowest BCUT2D eigenvalue weighted by molar-refractivity contribution is -0.140. The second kappa shape index (κ2) is 6.58. The van der Waals surface area contributed by atoms with Gasteiger partial charge in [0, 0.05) is 12.1 Å². The summed E-state index contributed by atoms with van der Waals surface area (Å²) < 4.78 is 37.8. The normalized spacial score (nSPS) is 26.5. The lowest BCUT2D eigenvalue weighted by atomic mass is 9.98. The number of halogens is 3. The number of primary amides is 1. The Bertz CT molecular complexity index is 837. The van der Waals surface area contributed by atoms with E-state index in [4.69, 9.17) is 11.5 Å². The Morgan fingerprint density at radius 1 is 1.29 bits per heavy atom. The van der Waals surface area contributed by atoms with Gasteiger partial charge in [0.15, 0.2) is 0 Å². The van der Waals surface area contributed by atoms with Crippen LogP contribution in [0.3, 0.4) is 0 Å². The summed E-state index contributed by atoms with van der Waals surface area (Å²) in [5.74, 6) is -2.84. The van der Waals surface area contributed by atoms with Crippen LogP contribution in [-0.4, -0.2) is 47.3 Å². The van der Waals surface area contributed by atoms with E-state index in [0.717, 1.165) is 12.1 Å². The molecule has 1 aromatic rings. The summed E-state index contributed by atoms with van der Waals surface area (Å²) in [6, 6.07) is 3.17. The second-order valence-corrected chi connectivity index (χ2v) is 8.13. The average Bonchev–Trinajstić information content (AvgIpc) is 2.96. The van der Waals surface area contributed by atoms with E-state index in [1.807, 2.05) is 13.8 Å². The van der Waals surface area contributed by atoms with E-state index in [-0.39, 0.29) is 23.7 Å². The molecule has 3 unspecified atom stereocenters. The van der Waals surface area contributed by atoms with Gasteiger partial charge < -0.3 is 16.4 Å². The van der Waals surface area contributed by atoms with E-state index < -0.39 is 41.4 Å². The van der Waals surface area contributed by atoms with E-state index in [2.05, 4.69) is 0 Å². The number of fused-ring (bicyclic) bond motifs is 1. The number of alkyl halides is 3. The van der Waals surface area contributed by atoms with Gasteiger partial charge in [-0.05, 0) is 35.3 Å². The largest absolute Gasteiger partial charge is 0.454 e. The Morgan fingerprint density at radius 3 is 2.50 bits per heavy atom. The predicted octanol–water partition coefficient (Wildman–Crippen LogP) is 1.27. The Balaban J connectivity index is 1.72. The number of piperidine rings is 1. The molecule has 9 heteroatoms. The quantitative estimate of drug-likeness (QED) is 0.730. The molecule has 152 valence electrons. The van der Waals surface area contributed by atoms with Crippen molar-refractivity contribution >= 4 is 17.6 Å². The maximum atomic E-state index is 12.8. The van der Waals surface area contributed by atoms with Crippen molar-refractivity contribution in [2.24, 2.45) is 28.7 Å². The first kappa shape index (κ1) is 20.3. The van der Waals surface area contributed by atoms with Crippen LogP contribution in [-0.2, 0) is 16.0 Å². The van der Waals surface area contributed by atoms with E-state index in [1.54, 1.807) is 0 Å². The summed E-state index contributed by atoms with van der Waals surface area (Å²) in [5.41, 5.74) is 11.2. The summed E-state index contributed by atoms with van der Waals surface area (Å²) in [6.45, 7) is 4.41. The van der Waals surface area contributed by atoms with Crippen LogP contribution < -0.4 is 11.5 Å². The molecule has 1 aromatic carbocycles. The first-order chi connectivity index (χ1) is 12.9. The number of nitrogens with zero attached hydrogens (tertiary/aromatic N) is 1. The predicted molar refractivity (Wildman–Crippen MR) is 94.0 cm³/mol. The number of rotatable bonds is 5. The van der Waals surface area contributed by atoms with E-state index in [1.165, 1.54) is 17.0 Å². The number of nitrogens with two attached hydrogens (primary N) is 2. The highest BCUT2D eigenvalue weighted by Crippen LogP contribution is 2.64. The third kappa shape index (κ3) is 3.39. The molecule has 4 N–H and O–H groups in total. The summed E-state index contributed by atoms with van der Waals surface area (Å²) in [4.78, 5) is 37.4. The van der Waals surface area contributed by atoms with E-state index in [0.29, 0.717) is 12.1 Å². The first-order valence-electron chi connectivity index (χ1n) is 8.91. The number of hydrogen-bond donors (Lipinski definition) is 2. The minimum Gasteiger partial charge on any atom is -0.368 e. The summed E-state index contributed by atoms with van der Waals surface area (Å²) in [7, 11) is 0. The number of hydrogen-bond acceptors (Lipinski definition) is 4. The SMILES string of the molecule is CC1(C)C2CN(C(=O)[C@@H](N)Cc3cccc(C(=O)C(F)(F)F)c3)C(C(N)=O)C21. The van der Waals surface area contributed by atoms with Crippen molar-refractivity contribution in [3.05, 3.63) is 35.4 Å². The highest BCUT2D eigenvalue weighted by Gasteiger charge is 2.69. The highest BCUT2D eigenvalue weighted by molar-refractivity contribution is 6.00. The molecule has 4 atom stereocenters. The summed E-state index contributed by atoms with van der Waals surface area (Å²) in [5, 5.41) is 0. The molecule has 2 fully saturated rings. The summed E-state index contributed by atoms with van der Waals surface area (Å²) in [6.07, 6.45) is -5.03. The minimum atomic E-state index is -4.98. The van der Waals surface area contributed by atoms with Gasteiger partial charge in [0.25, 0.3) is 5.78 Å². The summed E-state index contributed by atoms with van der Waals surface area (Å²) >= 11 is 0. The van der Waals surface area contributed by atoms with Crippen molar-refractivity contribution < 1.29 is 27.6 Å². The Hall–Kier alpha value is -2.42. The molecule has 1 saturated heterocycles. The maximum Gasteiger partial charge on any atom is 0.454 e. The van der Waals surface area contributed by atoms with Gasteiger partial charge in [-0.2, -0.15) is 13.2 Å². The lowest BCUT2D eigenvalue weighted by Crippen LogP contribution is -2.53. The van der Waals surface area contributed by atoms with Crippen molar-refractivity contribution in [3.8, 4) is 0 Å². The molecule has 0 aromatic heterocycles. The number of Topliss-reactive ketones (excluding diaryl/α,β-unsaturated/α-hetero) is 1. The maximum absolute atomic E-state index is 12.8. The number of carbonyl (C=O) groups is 3. The molecule has 1 saturated carbocycles. The molecule has 2 aliphatic rings. The second-order valence-electron chi connectivity index (χ2n) is 8.13. The van der Waals surface area contributed by atoms with Gasteiger partial charge >= 0.3 is 6.18 Å². The molecule has 3 rings (SSSR count). The molecular formula is C19H22F3N3O3. The topological polar surface area (TPSA) is 106 Å². The van der Waals surface area contributed by atoms with Gasteiger partial charge in [0.1, 0.15) is 6.04 Å². The fourth-order valence-corrected chi connectivity index (χ4v) is 4.40. The van der Waals surface area contributed by atoms with Crippen LogP contribution in [0.4, 0.5) is 13.2 Å². The molecule has 2 amide bonds. The average molecular weight is 397 g/mol. The van der Waals surface area contributed by atoms with Crippen LogP contribution in [0.5, 0.6) is 0 Å². The van der Waals surface area contributed by atoms with Gasteiger partial charge in [-0.15, -0.1) is 0 Å². The van der Waals surface area contributed by atoms with Crippen molar-refractivity contribution in [2.45, 2.75) is 38.5 Å². The third-order valence-electron chi connectivity index (χ3n) is 6.00. The number of amides is 2. The van der Waals surface area contributed by atoms with Crippen molar-refractivity contribution in [3.63, 3.8) is 0 Å². The highest BCUT2D eigenvalue weighted by atomic mass is 19.4. The Kier molecular flexibility index (Phi) is 4.77. The van der Waals surface area contributed by atoms with Crippen molar-refractivity contribution in [2.75, 3.05) is 6.54 Å². The van der Waals surface area contributed by atoms with Crippen LogP contribution >= 0.6 is 0 Å². The van der Waals surface area contributed by atoms with Gasteiger partial charge in [0.2, 0.25) is 11.8 Å². The lowest BCUT2D eigenvalue weighted by Gasteiger charge is -2.30. The van der Waals surface area contributed by atoms with Gasteiger partial charge in [0.05, 0.1) is 6.04 Å². The number of carbonyl (C=O) groups excluding carboxylic acids is 3. The van der Waals surface area contributed by atoms with Crippen LogP contribution in [0.2, 0.25) is 0 Å². The van der Waals surface area contributed by atoms with Crippen molar-refractivity contribution in [1.29, 1.82) is 0 Å². The Labute approximate surface area is 160 Å². The Morgan fingerprint density at radius 2 is 1.93 bits per heavy atom. The van der Waals surface area contributed by atoms with Crippen molar-refractivity contribution in [1.82, 2.24) is 4.90 Å². The molecular weight excluding hydrogens is 375 g/mol. The molecule has 1 aliphatic carbocycles. The minimum absolute atomic E-state index is 0.00566. The standard InChI is InChI=1S/C19H22F3N3O3/c1-18(2)11-8-25(14(13(11)18)16(24)27)17(28)12(23)7-9-4-3-5-10(6-9)15(26)19(20,21)22/h3-6,11-14H,7-8,23H2,1-2H3,(H2,24,27)/t11?,12-,13?,14?/m0/s1. The number of likely N-dealkylation sites (tertiary alicyclic amines) is 1. The molecule has 1 heterocycles. The molecule has 0 radical (unpaired) electrons. The molecule has 6 nitrogen and oxygen atoms in total. The molecule has 1 aliphatic heterocycles. The smallest absolute Gasteiger partial charge is 0.368 e. The van der Waals surface area contributed by atoms with Crippen LogP contribution in [0.15, 0.2) is 24.3 Å². The van der Waals surface area contributed by atoms with Crippen LogP contribution in [0.25, 0.3) is 0 Å². The third-order valence-corrected chi connectivity index (χ3v) is 6.00. The van der Waals surface area contributed by atoms with Gasteiger partial charge in [-0.3, -0.25) is 14.4 Å². The zero-order chi connectivity index (χ0) is 21.0. The van der Waals surface area contributed by atoms with E-state index in [9.17, 15) is 27.6 Å². The molecule has 0 bridgehead atoms. The first-order valence-corrected chi connectivity index (χ1v) is 8.91. The fraction of sp³-hybridized carbons (Fsp3) is 0.526. The van der Waals surface area contributed by atoms with Gasteiger partial charge in [-0.1, -0.05) is 32.0 Å². The van der Waals surface area contributed by atoms with Crippen LogP contribution in [0, 0.1) is 17.3 Å². The number of benzene rings is 1. The molecule has 28 heavy (non-hydrogen) atoms.